The third-order valence-electron chi connectivity index (χ3n) is 3.53. The van der Waals surface area contributed by atoms with E-state index in [1.54, 1.807) is 0 Å². The van der Waals surface area contributed by atoms with Gasteiger partial charge in [-0.05, 0) is 25.7 Å². The van der Waals surface area contributed by atoms with E-state index in [0.717, 1.165) is 23.5 Å². The van der Waals surface area contributed by atoms with Crippen molar-refractivity contribution in [3.05, 3.63) is 15.6 Å². The molecule has 3 nitrogen and oxygen atoms in total. The van der Waals surface area contributed by atoms with E-state index in [4.69, 9.17) is 0 Å². The van der Waals surface area contributed by atoms with Crippen molar-refractivity contribution in [2.45, 2.75) is 50.4 Å². The molecule has 0 bridgehead atoms. The van der Waals surface area contributed by atoms with Gasteiger partial charge in [-0.3, -0.25) is 0 Å². The third kappa shape index (κ3) is 1.75. The van der Waals surface area contributed by atoms with Crippen LogP contribution in [0, 0.1) is 0 Å². The molecule has 3 rings (SSSR count). The van der Waals surface area contributed by atoms with Crippen molar-refractivity contribution >= 4 is 17.3 Å². The molecule has 0 spiro atoms. The Kier molecular flexibility index (Phi) is 2.46. The summed E-state index contributed by atoms with van der Waals surface area (Å²) in [6, 6.07) is 0. The Morgan fingerprint density at radius 2 is 1.88 bits per heavy atom. The zero-order valence-corrected chi connectivity index (χ0v) is 9.92. The van der Waals surface area contributed by atoms with Gasteiger partial charge in [-0.2, -0.15) is 0 Å². The first-order valence-electron chi connectivity index (χ1n) is 5.99. The molecule has 1 aromatic rings. The molecule has 86 valence electrons. The molecule has 2 aliphatic rings. The minimum Gasteiger partial charge on any atom is -0.477 e. The smallest absolute Gasteiger partial charge is 0.347 e. The summed E-state index contributed by atoms with van der Waals surface area (Å²) in [5, 5.41) is 10.3. The van der Waals surface area contributed by atoms with Crippen LogP contribution in [0.1, 0.15) is 70.7 Å². The molecule has 1 heterocycles. The maximum Gasteiger partial charge on any atom is 0.347 e. The van der Waals surface area contributed by atoms with E-state index >= 15 is 0 Å². The molecule has 0 aromatic carbocycles. The molecule has 0 unspecified atom stereocenters. The lowest BCUT2D eigenvalue weighted by atomic mass is 10.0. The maximum atomic E-state index is 11.2. The van der Waals surface area contributed by atoms with Gasteiger partial charge in [0.15, 0.2) is 0 Å². The third-order valence-corrected chi connectivity index (χ3v) is 4.75. The molecule has 16 heavy (non-hydrogen) atoms. The number of aromatic nitrogens is 1. The number of carbonyl (C=O) groups is 1. The quantitative estimate of drug-likeness (QED) is 0.876. The average Bonchev–Trinajstić information content (AvgIpc) is 2.83. The van der Waals surface area contributed by atoms with Crippen LogP contribution in [0.25, 0.3) is 0 Å². The zero-order valence-electron chi connectivity index (χ0n) is 9.11. The molecule has 2 fully saturated rings. The summed E-state index contributed by atoms with van der Waals surface area (Å²) in [5.74, 6) is 0.194. The predicted molar refractivity (Wildman–Crippen MR) is 62.3 cm³/mol. The van der Waals surface area contributed by atoms with Gasteiger partial charge in [0.1, 0.15) is 4.88 Å². The summed E-state index contributed by atoms with van der Waals surface area (Å²) in [6.45, 7) is 0. The fourth-order valence-corrected chi connectivity index (χ4v) is 3.64. The van der Waals surface area contributed by atoms with Crippen LogP contribution in [0.5, 0.6) is 0 Å². The molecule has 2 aliphatic carbocycles. The highest BCUT2D eigenvalue weighted by atomic mass is 32.1. The van der Waals surface area contributed by atoms with E-state index in [1.807, 2.05) is 0 Å². The number of carboxylic acid groups (broad SMARTS) is 1. The maximum absolute atomic E-state index is 11.2. The standard InChI is InChI=1S/C12H15NO2S/c14-12(15)10-9(7-3-1-2-4-7)13-11(16-10)8-5-6-8/h7-8H,1-6H2,(H,14,15). The summed E-state index contributed by atoms with van der Waals surface area (Å²) in [7, 11) is 0. The molecule has 0 aliphatic heterocycles. The lowest BCUT2D eigenvalue weighted by Gasteiger charge is -2.05. The van der Waals surface area contributed by atoms with Gasteiger partial charge in [0.2, 0.25) is 0 Å². The van der Waals surface area contributed by atoms with Crippen LogP contribution in [0.4, 0.5) is 0 Å². The fourth-order valence-electron chi connectivity index (χ4n) is 2.48. The average molecular weight is 237 g/mol. The van der Waals surface area contributed by atoms with E-state index in [-0.39, 0.29) is 0 Å². The summed E-state index contributed by atoms with van der Waals surface area (Å²) >= 11 is 1.41. The molecule has 4 heteroatoms. The van der Waals surface area contributed by atoms with Crippen molar-refractivity contribution < 1.29 is 9.90 Å². The van der Waals surface area contributed by atoms with E-state index in [2.05, 4.69) is 4.98 Å². The number of hydrogen-bond donors (Lipinski definition) is 1. The van der Waals surface area contributed by atoms with Crippen molar-refractivity contribution in [1.82, 2.24) is 4.98 Å². The highest BCUT2D eigenvalue weighted by Gasteiger charge is 2.32. The van der Waals surface area contributed by atoms with E-state index < -0.39 is 5.97 Å². The number of hydrogen-bond acceptors (Lipinski definition) is 3. The Bertz CT molecular complexity index is 417. The van der Waals surface area contributed by atoms with Crippen molar-refractivity contribution in [2.24, 2.45) is 0 Å². The van der Waals surface area contributed by atoms with Gasteiger partial charge in [-0.25, -0.2) is 9.78 Å². The molecule has 0 saturated heterocycles. The van der Waals surface area contributed by atoms with Crippen LogP contribution >= 0.6 is 11.3 Å². The second-order valence-corrected chi connectivity index (χ2v) is 5.86. The van der Waals surface area contributed by atoms with Crippen molar-refractivity contribution in [3.63, 3.8) is 0 Å². The first kappa shape index (κ1) is 10.3. The van der Waals surface area contributed by atoms with Crippen molar-refractivity contribution in [2.75, 3.05) is 0 Å². The minimum absolute atomic E-state index is 0.412. The predicted octanol–water partition coefficient (Wildman–Crippen LogP) is 3.38. The SMILES string of the molecule is O=C(O)c1sc(C2CC2)nc1C1CCCC1. The van der Waals surface area contributed by atoms with Gasteiger partial charge in [-0.1, -0.05) is 12.8 Å². The van der Waals surface area contributed by atoms with Gasteiger partial charge in [-0.15, -0.1) is 11.3 Å². The molecule has 1 N–H and O–H groups in total. The van der Waals surface area contributed by atoms with E-state index in [9.17, 15) is 9.90 Å². The molecule has 0 amide bonds. The Labute approximate surface area is 98.5 Å². The largest absolute Gasteiger partial charge is 0.477 e. The monoisotopic (exact) mass is 237 g/mol. The van der Waals surface area contributed by atoms with E-state index in [0.29, 0.717) is 16.7 Å². The second-order valence-electron chi connectivity index (χ2n) is 4.83. The topological polar surface area (TPSA) is 50.2 Å². The van der Waals surface area contributed by atoms with Gasteiger partial charge in [0.25, 0.3) is 0 Å². The normalized spacial score (nSPS) is 21.5. The summed E-state index contributed by atoms with van der Waals surface area (Å²) in [5.41, 5.74) is 0.886. The van der Waals surface area contributed by atoms with Gasteiger partial charge >= 0.3 is 5.97 Å². The Morgan fingerprint density at radius 3 is 2.44 bits per heavy atom. The van der Waals surface area contributed by atoms with Gasteiger partial charge in [0, 0.05) is 11.8 Å². The van der Waals surface area contributed by atoms with Gasteiger partial charge in [0.05, 0.1) is 10.7 Å². The summed E-state index contributed by atoms with van der Waals surface area (Å²) in [6.07, 6.45) is 7.07. The van der Waals surface area contributed by atoms with Crippen molar-refractivity contribution in [1.29, 1.82) is 0 Å². The number of aromatic carboxylic acids is 1. The van der Waals surface area contributed by atoms with E-state index in [1.165, 1.54) is 37.0 Å². The number of carboxylic acids is 1. The van der Waals surface area contributed by atoms with Crippen LogP contribution in [-0.2, 0) is 0 Å². The fraction of sp³-hybridized carbons (Fsp3) is 0.667. The lowest BCUT2D eigenvalue weighted by Crippen LogP contribution is -2.02. The molecular formula is C12H15NO2S. The van der Waals surface area contributed by atoms with Crippen LogP contribution in [0.3, 0.4) is 0 Å². The van der Waals surface area contributed by atoms with Crippen LogP contribution in [0.15, 0.2) is 0 Å². The first-order chi connectivity index (χ1) is 7.75. The molecule has 1 aromatic heterocycles. The molecule has 2 saturated carbocycles. The molecular weight excluding hydrogens is 222 g/mol. The number of thiazole rings is 1. The minimum atomic E-state index is -0.786. The Balaban J connectivity index is 1.96. The lowest BCUT2D eigenvalue weighted by molar-refractivity contribution is 0.0700. The summed E-state index contributed by atoms with van der Waals surface area (Å²) < 4.78 is 0. The first-order valence-corrected chi connectivity index (χ1v) is 6.81. The van der Waals surface area contributed by atoms with Gasteiger partial charge < -0.3 is 5.11 Å². The Morgan fingerprint density at radius 1 is 1.19 bits per heavy atom. The summed E-state index contributed by atoms with van der Waals surface area (Å²) in [4.78, 5) is 16.3. The molecule has 0 radical (unpaired) electrons. The van der Waals surface area contributed by atoms with Crippen LogP contribution in [-0.4, -0.2) is 16.1 Å². The highest BCUT2D eigenvalue weighted by Crippen LogP contribution is 2.45. The van der Waals surface area contributed by atoms with Crippen LogP contribution < -0.4 is 0 Å². The second kappa shape index (κ2) is 3.84. The molecule has 0 atom stereocenters. The number of nitrogens with zero attached hydrogens (tertiary/aromatic N) is 1. The number of rotatable bonds is 3. The Hall–Kier alpha value is -0.900. The van der Waals surface area contributed by atoms with Crippen molar-refractivity contribution in [3.8, 4) is 0 Å². The highest BCUT2D eigenvalue weighted by molar-refractivity contribution is 7.13. The van der Waals surface area contributed by atoms with Crippen LogP contribution in [0.2, 0.25) is 0 Å². The zero-order chi connectivity index (χ0) is 11.1.